The zero-order chi connectivity index (χ0) is 19.9. The third kappa shape index (κ3) is 5.32. The lowest BCUT2D eigenvalue weighted by molar-refractivity contribution is -0.146. The van der Waals surface area contributed by atoms with Crippen molar-refractivity contribution in [2.45, 2.75) is 33.1 Å². The Labute approximate surface area is 174 Å². The molecule has 152 valence electrons. The first kappa shape index (κ1) is 20.8. The largest absolute Gasteiger partial charge is 0.469 e. The maximum atomic E-state index is 11.7. The number of carbonyl (C=O) groups excluding carboxylic acids is 1. The Hall–Kier alpha value is -1.93. The average molecular weight is 421 g/mol. The molecule has 0 saturated carbocycles. The third-order valence-electron chi connectivity index (χ3n) is 4.82. The number of esters is 1. The highest BCUT2D eigenvalue weighted by atomic mass is 32.1. The fourth-order valence-corrected chi connectivity index (χ4v) is 4.96. The van der Waals surface area contributed by atoms with Gasteiger partial charge in [-0.1, -0.05) is 0 Å². The first-order valence-corrected chi connectivity index (χ1v) is 11.4. The summed E-state index contributed by atoms with van der Waals surface area (Å²) in [5.74, 6) is 0.867. The minimum Gasteiger partial charge on any atom is -0.469 e. The number of rotatable bonds is 6. The van der Waals surface area contributed by atoms with Gasteiger partial charge in [-0.05, 0) is 38.8 Å². The molecule has 6 nitrogen and oxygen atoms in total. The fourth-order valence-electron chi connectivity index (χ4n) is 3.32. The monoisotopic (exact) mass is 420 g/mol. The quantitative estimate of drug-likeness (QED) is 0.440. The molecular formula is C20H28N4O2S2. The number of thiophene rings is 1. The topological polar surface area (TPSA) is 66.8 Å². The predicted molar refractivity (Wildman–Crippen MR) is 116 cm³/mol. The van der Waals surface area contributed by atoms with E-state index in [2.05, 4.69) is 39.6 Å². The van der Waals surface area contributed by atoms with E-state index in [1.54, 1.807) is 22.7 Å². The second kappa shape index (κ2) is 10.0. The highest BCUT2D eigenvalue weighted by Gasteiger charge is 2.26. The molecule has 1 saturated heterocycles. The van der Waals surface area contributed by atoms with Crippen LogP contribution in [0.25, 0.3) is 10.6 Å². The van der Waals surface area contributed by atoms with Gasteiger partial charge in [0.25, 0.3) is 0 Å². The molecule has 3 rings (SSSR count). The van der Waals surface area contributed by atoms with Crippen LogP contribution < -0.4 is 5.32 Å². The van der Waals surface area contributed by atoms with E-state index in [-0.39, 0.29) is 11.9 Å². The Kier molecular flexibility index (Phi) is 7.44. The van der Waals surface area contributed by atoms with Crippen LogP contribution in [0.2, 0.25) is 0 Å². The van der Waals surface area contributed by atoms with Gasteiger partial charge in [0, 0.05) is 42.9 Å². The molecule has 2 aromatic heterocycles. The van der Waals surface area contributed by atoms with Crippen LogP contribution in [0.5, 0.6) is 0 Å². The van der Waals surface area contributed by atoms with Crippen LogP contribution in [0.3, 0.4) is 0 Å². The van der Waals surface area contributed by atoms with Gasteiger partial charge in [0.05, 0.1) is 28.6 Å². The molecule has 2 aromatic rings. The number of hydrogen-bond donors (Lipinski definition) is 1. The molecule has 8 heteroatoms. The highest BCUT2D eigenvalue weighted by molar-refractivity contribution is 7.16. The van der Waals surface area contributed by atoms with Gasteiger partial charge >= 0.3 is 5.97 Å². The smallest absolute Gasteiger partial charge is 0.308 e. The van der Waals surface area contributed by atoms with E-state index in [4.69, 9.17) is 9.73 Å². The lowest BCUT2D eigenvalue weighted by atomic mass is 9.97. The Morgan fingerprint density at radius 3 is 2.82 bits per heavy atom. The summed E-state index contributed by atoms with van der Waals surface area (Å²) in [6.07, 6.45) is 2.55. The van der Waals surface area contributed by atoms with Gasteiger partial charge in [-0.3, -0.25) is 9.79 Å². The van der Waals surface area contributed by atoms with Crippen molar-refractivity contribution in [2.75, 3.05) is 33.3 Å². The average Bonchev–Trinajstić information content (AvgIpc) is 3.36. The van der Waals surface area contributed by atoms with Crippen LogP contribution in [-0.4, -0.2) is 55.1 Å². The van der Waals surface area contributed by atoms with Crippen molar-refractivity contribution in [3.63, 3.8) is 0 Å². The summed E-state index contributed by atoms with van der Waals surface area (Å²) < 4.78 is 4.88. The zero-order valence-electron chi connectivity index (χ0n) is 16.7. The number of guanidine groups is 1. The molecule has 0 aromatic carbocycles. The minimum atomic E-state index is -0.0922. The van der Waals surface area contributed by atoms with E-state index in [0.717, 1.165) is 62.1 Å². The van der Waals surface area contributed by atoms with Crippen molar-refractivity contribution < 1.29 is 9.53 Å². The summed E-state index contributed by atoms with van der Waals surface area (Å²) in [5.41, 5.74) is 1.07. The van der Waals surface area contributed by atoms with E-state index in [1.165, 1.54) is 16.9 Å². The molecule has 0 spiro atoms. The molecule has 0 atom stereocenters. The van der Waals surface area contributed by atoms with E-state index >= 15 is 0 Å². The first-order chi connectivity index (χ1) is 13.6. The van der Waals surface area contributed by atoms with Crippen molar-refractivity contribution in [2.24, 2.45) is 10.9 Å². The molecule has 3 heterocycles. The van der Waals surface area contributed by atoms with Crippen molar-refractivity contribution in [1.29, 1.82) is 0 Å². The van der Waals surface area contributed by atoms with Gasteiger partial charge in [0.2, 0.25) is 0 Å². The Morgan fingerprint density at radius 2 is 2.18 bits per heavy atom. The van der Waals surface area contributed by atoms with Gasteiger partial charge in [-0.25, -0.2) is 4.98 Å². The molecule has 1 N–H and O–H groups in total. The molecule has 0 bridgehead atoms. The van der Waals surface area contributed by atoms with Gasteiger partial charge in [0.1, 0.15) is 0 Å². The molecule has 1 fully saturated rings. The molecule has 28 heavy (non-hydrogen) atoms. The maximum Gasteiger partial charge on any atom is 0.308 e. The SMILES string of the molecule is CCNC(=NCCc1ccc(-c2csc(C)n2)s1)N1CCC(C(=O)OC)CC1. The van der Waals surface area contributed by atoms with Crippen LogP contribution in [-0.2, 0) is 16.0 Å². The van der Waals surface area contributed by atoms with Crippen LogP contribution in [0.4, 0.5) is 0 Å². The van der Waals surface area contributed by atoms with E-state index in [1.807, 2.05) is 6.92 Å². The van der Waals surface area contributed by atoms with Gasteiger partial charge in [-0.2, -0.15) is 0 Å². The molecule has 0 radical (unpaired) electrons. The summed E-state index contributed by atoms with van der Waals surface area (Å²) in [6, 6.07) is 4.33. The minimum absolute atomic E-state index is 0.0167. The predicted octanol–water partition coefficient (Wildman–Crippen LogP) is 3.57. The number of aryl methyl sites for hydroxylation is 1. The number of aromatic nitrogens is 1. The van der Waals surface area contributed by atoms with E-state index < -0.39 is 0 Å². The normalized spacial score (nSPS) is 15.7. The number of likely N-dealkylation sites (tertiary alicyclic amines) is 1. The van der Waals surface area contributed by atoms with E-state index in [9.17, 15) is 4.79 Å². The number of hydrogen-bond acceptors (Lipinski definition) is 6. The van der Waals surface area contributed by atoms with Crippen LogP contribution in [0.1, 0.15) is 29.7 Å². The summed E-state index contributed by atoms with van der Waals surface area (Å²) in [5, 5.41) is 6.60. The third-order valence-corrected chi connectivity index (χ3v) is 6.76. The Bertz CT molecular complexity index is 807. The number of aliphatic imine (C=N–C) groups is 1. The van der Waals surface area contributed by atoms with Crippen molar-refractivity contribution in [3.05, 3.63) is 27.4 Å². The lowest BCUT2D eigenvalue weighted by Gasteiger charge is -2.33. The molecule has 1 aliphatic rings. The van der Waals surface area contributed by atoms with Crippen LogP contribution in [0, 0.1) is 12.8 Å². The summed E-state index contributed by atoms with van der Waals surface area (Å²) >= 11 is 3.48. The van der Waals surface area contributed by atoms with Crippen molar-refractivity contribution >= 4 is 34.6 Å². The van der Waals surface area contributed by atoms with E-state index in [0.29, 0.717) is 0 Å². The Balaban J connectivity index is 1.55. The van der Waals surface area contributed by atoms with Crippen molar-refractivity contribution in [3.8, 4) is 10.6 Å². The number of ether oxygens (including phenoxy) is 1. The van der Waals surface area contributed by atoms with Gasteiger partial charge < -0.3 is 15.0 Å². The fraction of sp³-hybridized carbons (Fsp3) is 0.550. The molecule has 0 amide bonds. The second-order valence-electron chi connectivity index (χ2n) is 6.79. The zero-order valence-corrected chi connectivity index (χ0v) is 18.4. The lowest BCUT2D eigenvalue weighted by Crippen LogP contribution is -2.46. The van der Waals surface area contributed by atoms with Gasteiger partial charge in [0.15, 0.2) is 5.96 Å². The highest BCUT2D eigenvalue weighted by Crippen LogP contribution is 2.29. The Morgan fingerprint density at radius 1 is 1.39 bits per heavy atom. The van der Waals surface area contributed by atoms with Gasteiger partial charge in [-0.15, -0.1) is 22.7 Å². The standard InChI is InChI=1S/C20H28N4O2S2/c1-4-21-20(24-11-8-15(9-12-24)19(25)26-3)22-10-7-16-5-6-18(28-16)17-13-27-14(2)23-17/h5-6,13,15H,4,7-12H2,1-3H3,(H,21,22). The molecule has 0 unspecified atom stereocenters. The summed E-state index contributed by atoms with van der Waals surface area (Å²) in [7, 11) is 1.46. The second-order valence-corrected chi connectivity index (χ2v) is 9.02. The van der Waals surface area contributed by atoms with Crippen LogP contribution in [0.15, 0.2) is 22.5 Å². The molecule has 1 aliphatic heterocycles. The number of methoxy groups -OCH3 is 1. The maximum absolute atomic E-state index is 11.7. The number of piperidine rings is 1. The molecular weight excluding hydrogens is 392 g/mol. The number of nitrogens with zero attached hydrogens (tertiary/aromatic N) is 3. The van der Waals surface area contributed by atoms with Crippen molar-refractivity contribution in [1.82, 2.24) is 15.2 Å². The number of thiazole rings is 1. The number of carbonyl (C=O) groups is 1. The summed E-state index contributed by atoms with van der Waals surface area (Å²) in [4.78, 5) is 25.9. The first-order valence-electron chi connectivity index (χ1n) is 9.73. The number of nitrogens with one attached hydrogen (secondary N) is 1. The molecule has 0 aliphatic carbocycles. The van der Waals surface area contributed by atoms with Crippen LogP contribution >= 0.6 is 22.7 Å². The summed E-state index contributed by atoms with van der Waals surface area (Å²) in [6.45, 7) is 7.36.